The minimum Gasteiger partial charge on any atom is -0.378 e. The van der Waals surface area contributed by atoms with Gasteiger partial charge in [-0.25, -0.2) is 4.98 Å². The number of halogens is 1. The maximum atomic E-state index is 12.2. The second kappa shape index (κ2) is 10.5. The van der Waals surface area contributed by atoms with E-state index in [1.165, 1.54) is 6.20 Å². The molecular formula is C24H27ClN6O2. The fourth-order valence-corrected chi connectivity index (χ4v) is 3.47. The van der Waals surface area contributed by atoms with Crippen LogP contribution in [-0.2, 0) is 9.53 Å². The molecule has 172 valence electrons. The highest BCUT2D eigenvalue weighted by atomic mass is 35.5. The third-order valence-electron chi connectivity index (χ3n) is 5.21. The van der Waals surface area contributed by atoms with Gasteiger partial charge in [0, 0.05) is 30.4 Å². The van der Waals surface area contributed by atoms with E-state index in [1.807, 2.05) is 50.2 Å². The molecule has 0 bridgehead atoms. The zero-order valence-corrected chi connectivity index (χ0v) is 19.4. The number of benzene rings is 2. The lowest BCUT2D eigenvalue weighted by Crippen LogP contribution is -2.36. The topological polar surface area (TPSA) is 91.4 Å². The van der Waals surface area contributed by atoms with Crippen molar-refractivity contribution in [3.8, 4) is 0 Å². The maximum absolute atomic E-state index is 12.2. The Morgan fingerprint density at radius 3 is 2.42 bits per heavy atom. The number of hydrogen-bond acceptors (Lipinski definition) is 7. The van der Waals surface area contributed by atoms with Gasteiger partial charge in [0.15, 0.2) is 5.82 Å². The lowest BCUT2D eigenvalue weighted by molar-refractivity contribution is -0.118. The third kappa shape index (κ3) is 5.91. The number of amides is 1. The number of para-hydroxylation sites is 2. The van der Waals surface area contributed by atoms with E-state index in [0.29, 0.717) is 28.2 Å². The quantitative estimate of drug-likeness (QED) is 0.448. The first-order valence-corrected chi connectivity index (χ1v) is 11.3. The van der Waals surface area contributed by atoms with E-state index in [1.54, 1.807) is 0 Å². The Kier molecular flexibility index (Phi) is 7.26. The van der Waals surface area contributed by atoms with E-state index in [9.17, 15) is 4.79 Å². The van der Waals surface area contributed by atoms with Crippen LogP contribution in [0.4, 0.5) is 34.5 Å². The van der Waals surface area contributed by atoms with Gasteiger partial charge < -0.3 is 25.6 Å². The molecule has 2 aromatic carbocycles. The fraction of sp³-hybridized carbons (Fsp3) is 0.292. The smallest absolute Gasteiger partial charge is 0.229 e. The van der Waals surface area contributed by atoms with Gasteiger partial charge in [0.25, 0.3) is 0 Å². The summed E-state index contributed by atoms with van der Waals surface area (Å²) in [5, 5.41) is 9.71. The zero-order valence-electron chi connectivity index (χ0n) is 18.6. The first-order chi connectivity index (χ1) is 16.0. The Balaban J connectivity index is 1.48. The molecule has 4 rings (SSSR count). The van der Waals surface area contributed by atoms with E-state index >= 15 is 0 Å². The van der Waals surface area contributed by atoms with Crippen molar-refractivity contribution < 1.29 is 9.53 Å². The van der Waals surface area contributed by atoms with Crippen LogP contribution in [0.5, 0.6) is 0 Å². The van der Waals surface area contributed by atoms with Gasteiger partial charge in [-0.3, -0.25) is 4.79 Å². The normalized spacial score (nSPS) is 13.6. The Hall–Kier alpha value is -3.36. The van der Waals surface area contributed by atoms with Crippen LogP contribution in [-0.4, -0.2) is 42.2 Å². The molecule has 1 saturated heterocycles. The van der Waals surface area contributed by atoms with Gasteiger partial charge in [-0.1, -0.05) is 37.6 Å². The van der Waals surface area contributed by atoms with Crippen LogP contribution in [0.1, 0.15) is 13.8 Å². The number of nitrogens with zero attached hydrogens (tertiary/aromatic N) is 3. The Bertz CT molecular complexity index is 1100. The molecule has 3 aromatic rings. The average molecular weight is 467 g/mol. The summed E-state index contributed by atoms with van der Waals surface area (Å²) in [6.45, 7) is 6.97. The van der Waals surface area contributed by atoms with Crippen molar-refractivity contribution in [2.24, 2.45) is 5.92 Å². The molecule has 0 unspecified atom stereocenters. The number of aromatic nitrogens is 2. The number of hydrogen-bond donors (Lipinski definition) is 3. The number of carbonyl (C=O) groups is 1. The molecule has 0 aliphatic carbocycles. The molecule has 1 fully saturated rings. The van der Waals surface area contributed by atoms with Crippen molar-refractivity contribution in [1.29, 1.82) is 0 Å². The Labute approximate surface area is 198 Å². The number of rotatable bonds is 7. The first-order valence-electron chi connectivity index (χ1n) is 10.9. The van der Waals surface area contributed by atoms with E-state index in [2.05, 4.69) is 43.0 Å². The SMILES string of the molecule is CC(C)C(=O)Nc1ccccc1Nc1nc(Nc2ccc(N3CCOCC3)cc2)ncc1Cl. The summed E-state index contributed by atoms with van der Waals surface area (Å²) in [5.41, 5.74) is 3.36. The second-order valence-electron chi connectivity index (χ2n) is 7.98. The molecule has 1 aliphatic heterocycles. The van der Waals surface area contributed by atoms with Crippen LogP contribution in [0.25, 0.3) is 0 Å². The summed E-state index contributed by atoms with van der Waals surface area (Å²) < 4.78 is 5.42. The lowest BCUT2D eigenvalue weighted by atomic mass is 10.2. The highest BCUT2D eigenvalue weighted by Gasteiger charge is 2.13. The van der Waals surface area contributed by atoms with Crippen LogP contribution in [0.15, 0.2) is 54.7 Å². The van der Waals surface area contributed by atoms with Crippen molar-refractivity contribution in [2.75, 3.05) is 47.2 Å². The zero-order chi connectivity index (χ0) is 23.2. The minimum absolute atomic E-state index is 0.0686. The molecule has 3 N–H and O–H groups in total. The minimum atomic E-state index is -0.133. The van der Waals surface area contributed by atoms with Crippen LogP contribution in [0.3, 0.4) is 0 Å². The summed E-state index contributed by atoms with van der Waals surface area (Å²) in [6.07, 6.45) is 1.54. The molecule has 33 heavy (non-hydrogen) atoms. The van der Waals surface area contributed by atoms with Gasteiger partial charge in [0.2, 0.25) is 11.9 Å². The van der Waals surface area contributed by atoms with E-state index < -0.39 is 0 Å². The number of nitrogens with one attached hydrogen (secondary N) is 3. The van der Waals surface area contributed by atoms with E-state index in [-0.39, 0.29) is 11.8 Å². The average Bonchev–Trinajstić information content (AvgIpc) is 2.83. The van der Waals surface area contributed by atoms with Crippen LogP contribution in [0, 0.1) is 5.92 Å². The third-order valence-corrected chi connectivity index (χ3v) is 5.48. The summed E-state index contributed by atoms with van der Waals surface area (Å²) in [6, 6.07) is 15.5. The van der Waals surface area contributed by atoms with Gasteiger partial charge in [0.05, 0.1) is 30.8 Å². The molecule has 9 heteroatoms. The maximum Gasteiger partial charge on any atom is 0.229 e. The Morgan fingerprint density at radius 1 is 1.03 bits per heavy atom. The number of ether oxygens (including phenoxy) is 1. The Morgan fingerprint density at radius 2 is 1.73 bits per heavy atom. The summed E-state index contributed by atoms with van der Waals surface area (Å²) in [4.78, 5) is 23.3. The summed E-state index contributed by atoms with van der Waals surface area (Å²) in [5.74, 6) is 0.641. The van der Waals surface area contributed by atoms with Gasteiger partial charge >= 0.3 is 0 Å². The lowest BCUT2D eigenvalue weighted by Gasteiger charge is -2.28. The van der Waals surface area contributed by atoms with Gasteiger partial charge in [-0.2, -0.15) is 4.98 Å². The van der Waals surface area contributed by atoms with Gasteiger partial charge in [0.1, 0.15) is 5.02 Å². The standard InChI is InChI=1S/C24H27ClN6O2/c1-16(2)23(32)29-21-6-4-3-5-20(21)28-22-19(25)15-26-24(30-22)27-17-7-9-18(10-8-17)31-11-13-33-14-12-31/h3-10,15-16H,11-14H2,1-2H3,(H,29,32)(H2,26,27,28,30). The van der Waals surface area contributed by atoms with Crippen molar-refractivity contribution in [3.05, 3.63) is 59.8 Å². The largest absolute Gasteiger partial charge is 0.378 e. The molecule has 0 atom stereocenters. The highest BCUT2D eigenvalue weighted by Crippen LogP contribution is 2.29. The summed E-state index contributed by atoms with van der Waals surface area (Å²) in [7, 11) is 0. The molecular weight excluding hydrogens is 440 g/mol. The molecule has 1 amide bonds. The molecule has 8 nitrogen and oxygen atoms in total. The predicted molar refractivity (Wildman–Crippen MR) is 133 cm³/mol. The molecule has 1 aromatic heterocycles. The second-order valence-corrected chi connectivity index (χ2v) is 8.38. The molecule has 0 radical (unpaired) electrons. The van der Waals surface area contributed by atoms with Gasteiger partial charge in [-0.05, 0) is 36.4 Å². The van der Waals surface area contributed by atoms with Crippen molar-refractivity contribution in [2.45, 2.75) is 13.8 Å². The van der Waals surface area contributed by atoms with Crippen LogP contribution >= 0.6 is 11.6 Å². The van der Waals surface area contributed by atoms with Crippen molar-refractivity contribution in [1.82, 2.24) is 9.97 Å². The predicted octanol–water partition coefficient (Wildman–Crippen LogP) is 5.05. The number of morpholine rings is 1. The number of carbonyl (C=O) groups excluding carboxylic acids is 1. The molecule has 2 heterocycles. The molecule has 1 aliphatic rings. The number of anilines is 6. The van der Waals surface area contributed by atoms with Crippen LogP contribution < -0.4 is 20.9 Å². The highest BCUT2D eigenvalue weighted by molar-refractivity contribution is 6.33. The van der Waals surface area contributed by atoms with E-state index in [0.717, 1.165) is 37.7 Å². The van der Waals surface area contributed by atoms with Crippen molar-refractivity contribution >= 4 is 52.0 Å². The molecule has 0 spiro atoms. The molecule has 0 saturated carbocycles. The monoisotopic (exact) mass is 466 g/mol. The summed E-state index contributed by atoms with van der Waals surface area (Å²) >= 11 is 6.35. The first kappa shape index (κ1) is 22.8. The van der Waals surface area contributed by atoms with Gasteiger partial charge in [-0.15, -0.1) is 0 Å². The fourth-order valence-electron chi connectivity index (χ4n) is 3.33. The van der Waals surface area contributed by atoms with E-state index in [4.69, 9.17) is 16.3 Å². The van der Waals surface area contributed by atoms with Crippen LogP contribution in [0.2, 0.25) is 5.02 Å². The van der Waals surface area contributed by atoms with Crippen molar-refractivity contribution in [3.63, 3.8) is 0 Å².